The van der Waals surface area contributed by atoms with Gasteiger partial charge in [0.15, 0.2) is 5.79 Å². The van der Waals surface area contributed by atoms with E-state index >= 15 is 0 Å². The molecule has 0 bridgehead atoms. The molecule has 2 atom stereocenters. The molecule has 0 radical (unpaired) electrons. The van der Waals surface area contributed by atoms with Gasteiger partial charge >= 0.3 is 5.97 Å². The quantitative estimate of drug-likeness (QED) is 0.774. The van der Waals surface area contributed by atoms with Gasteiger partial charge in [-0.2, -0.15) is 0 Å². The highest BCUT2D eigenvalue weighted by molar-refractivity contribution is 7.85. The van der Waals surface area contributed by atoms with E-state index < -0.39 is 16.6 Å². The van der Waals surface area contributed by atoms with Gasteiger partial charge in [-0.1, -0.05) is 12.1 Å². The van der Waals surface area contributed by atoms with Crippen LogP contribution in [-0.2, 0) is 36.2 Å². The van der Waals surface area contributed by atoms with E-state index in [1.165, 1.54) is 7.11 Å². The lowest BCUT2D eigenvalue weighted by atomic mass is 10.2. The number of carbonyl (C=O) groups is 1. The summed E-state index contributed by atoms with van der Waals surface area (Å²) in [4.78, 5) is 11.9. The molecule has 1 aromatic carbocycles. The molecule has 0 spiro atoms. The lowest BCUT2D eigenvalue weighted by Crippen LogP contribution is -2.24. The van der Waals surface area contributed by atoms with E-state index in [4.69, 9.17) is 9.47 Å². The van der Waals surface area contributed by atoms with Gasteiger partial charge in [-0.25, -0.2) is 0 Å². The molecule has 0 aliphatic carbocycles. The first-order valence-corrected chi connectivity index (χ1v) is 8.07. The van der Waals surface area contributed by atoms with Crippen molar-refractivity contribution >= 4 is 16.8 Å². The number of esters is 1. The second-order valence-electron chi connectivity index (χ2n) is 5.36. The summed E-state index contributed by atoms with van der Waals surface area (Å²) in [7, 11) is 0.208. The summed E-state index contributed by atoms with van der Waals surface area (Å²) in [6.07, 6.45) is 0.0626. The molecule has 116 valence electrons. The van der Waals surface area contributed by atoms with Crippen LogP contribution in [-0.4, -0.2) is 41.5 Å². The number of methoxy groups -OCH3 is 1. The Bertz CT molecular complexity index is 523. The van der Waals surface area contributed by atoms with Crippen LogP contribution in [0.2, 0.25) is 0 Å². The average molecular weight is 312 g/mol. The van der Waals surface area contributed by atoms with Crippen molar-refractivity contribution < 1.29 is 23.2 Å². The minimum atomic E-state index is -1.15. The monoisotopic (exact) mass is 312 g/mol. The van der Waals surface area contributed by atoms with E-state index in [2.05, 4.69) is 4.74 Å². The van der Waals surface area contributed by atoms with E-state index in [0.717, 1.165) is 10.5 Å². The van der Waals surface area contributed by atoms with Crippen molar-refractivity contribution in [2.75, 3.05) is 19.5 Å². The van der Waals surface area contributed by atoms with Crippen molar-refractivity contribution in [1.82, 2.24) is 0 Å². The van der Waals surface area contributed by atoms with Gasteiger partial charge in [0.05, 0.1) is 42.8 Å². The molecule has 1 heterocycles. The third kappa shape index (κ3) is 4.62. The van der Waals surface area contributed by atoms with Crippen molar-refractivity contribution in [1.29, 1.82) is 0 Å². The predicted molar refractivity (Wildman–Crippen MR) is 78.3 cm³/mol. The summed E-state index contributed by atoms with van der Waals surface area (Å²) in [6, 6.07) is 7.13. The van der Waals surface area contributed by atoms with Crippen molar-refractivity contribution in [3.05, 3.63) is 29.8 Å². The fourth-order valence-electron chi connectivity index (χ4n) is 2.11. The second-order valence-corrected chi connectivity index (χ2v) is 6.86. The number of ether oxygens (including phenoxy) is 3. The molecular weight excluding hydrogens is 292 g/mol. The molecule has 1 unspecified atom stereocenters. The molecule has 2 rings (SSSR count). The van der Waals surface area contributed by atoms with Crippen LogP contribution >= 0.6 is 0 Å². The lowest BCUT2D eigenvalue weighted by Gasteiger charge is -2.16. The van der Waals surface area contributed by atoms with E-state index in [1.807, 2.05) is 13.8 Å². The Balaban J connectivity index is 1.92. The largest absolute Gasteiger partial charge is 0.469 e. The first kappa shape index (κ1) is 16.1. The highest BCUT2D eigenvalue weighted by atomic mass is 32.2. The van der Waals surface area contributed by atoms with Crippen LogP contribution in [0.1, 0.15) is 19.4 Å². The van der Waals surface area contributed by atoms with E-state index in [-0.39, 0.29) is 18.5 Å². The summed E-state index contributed by atoms with van der Waals surface area (Å²) in [5.74, 6) is -0.485. The Hall–Kier alpha value is -1.24. The van der Waals surface area contributed by atoms with Crippen LogP contribution in [0, 0.1) is 0 Å². The minimum Gasteiger partial charge on any atom is -0.469 e. The number of hydrogen-bond acceptors (Lipinski definition) is 5. The Morgan fingerprint density at radius 1 is 1.38 bits per heavy atom. The summed E-state index contributed by atoms with van der Waals surface area (Å²) in [6.45, 7) is 4.15. The molecule has 1 aliphatic rings. The predicted octanol–water partition coefficient (Wildman–Crippen LogP) is 1.66. The van der Waals surface area contributed by atoms with Crippen LogP contribution in [0.5, 0.6) is 0 Å². The number of benzene rings is 1. The number of rotatable bonds is 5. The van der Waals surface area contributed by atoms with Gasteiger partial charge in [-0.15, -0.1) is 0 Å². The van der Waals surface area contributed by atoms with Gasteiger partial charge in [0.25, 0.3) is 0 Å². The van der Waals surface area contributed by atoms with Crippen molar-refractivity contribution in [3.63, 3.8) is 0 Å². The number of carbonyl (C=O) groups excluding carboxylic acids is 1. The van der Waals surface area contributed by atoms with Crippen LogP contribution in [0.15, 0.2) is 29.2 Å². The minimum absolute atomic E-state index is 0.157. The third-order valence-corrected chi connectivity index (χ3v) is 4.64. The highest BCUT2D eigenvalue weighted by Crippen LogP contribution is 2.23. The van der Waals surface area contributed by atoms with Crippen molar-refractivity contribution in [2.45, 2.75) is 37.1 Å². The van der Waals surface area contributed by atoms with Gasteiger partial charge in [-0.05, 0) is 31.5 Å². The molecule has 6 heteroatoms. The average Bonchev–Trinajstić information content (AvgIpc) is 2.78. The molecule has 1 fully saturated rings. The third-order valence-electron chi connectivity index (χ3n) is 3.17. The van der Waals surface area contributed by atoms with Gasteiger partial charge < -0.3 is 14.2 Å². The van der Waals surface area contributed by atoms with Crippen LogP contribution in [0.25, 0.3) is 0 Å². The first-order chi connectivity index (χ1) is 9.89. The smallest absolute Gasteiger partial charge is 0.309 e. The molecule has 0 N–H and O–H groups in total. The summed E-state index contributed by atoms with van der Waals surface area (Å²) in [5.41, 5.74) is 0.837. The fraction of sp³-hybridized carbons (Fsp3) is 0.533. The maximum Gasteiger partial charge on any atom is 0.309 e. The van der Waals surface area contributed by atoms with Gasteiger partial charge in [0, 0.05) is 4.90 Å². The van der Waals surface area contributed by atoms with Crippen LogP contribution in [0.3, 0.4) is 0 Å². The summed E-state index contributed by atoms with van der Waals surface area (Å²) < 4.78 is 28.0. The van der Waals surface area contributed by atoms with Gasteiger partial charge in [0.2, 0.25) is 0 Å². The zero-order chi connectivity index (χ0) is 15.5. The number of hydrogen-bond donors (Lipinski definition) is 0. The zero-order valence-electron chi connectivity index (χ0n) is 12.5. The van der Waals surface area contributed by atoms with E-state index in [9.17, 15) is 9.00 Å². The van der Waals surface area contributed by atoms with Crippen molar-refractivity contribution in [3.8, 4) is 0 Å². The first-order valence-electron chi connectivity index (χ1n) is 6.75. The Labute approximate surface area is 127 Å². The Kier molecular flexibility index (Phi) is 5.13. The standard InChI is InChI=1S/C15H20O5S/c1-15(2)19-9-12(20-15)10-21(17)13-6-4-11(5-7-13)8-14(16)18-3/h4-7,12H,8-10H2,1-3H3/t12?,21-/m1/s1. The van der Waals surface area contributed by atoms with E-state index in [0.29, 0.717) is 12.4 Å². The molecule has 1 aromatic rings. The summed E-state index contributed by atoms with van der Waals surface area (Å²) >= 11 is 0. The molecule has 0 aromatic heterocycles. The van der Waals surface area contributed by atoms with Crippen molar-refractivity contribution in [2.24, 2.45) is 0 Å². The van der Waals surface area contributed by atoms with Crippen LogP contribution < -0.4 is 0 Å². The Morgan fingerprint density at radius 3 is 2.57 bits per heavy atom. The lowest BCUT2D eigenvalue weighted by molar-refractivity contribution is -0.139. The van der Waals surface area contributed by atoms with Crippen LogP contribution in [0.4, 0.5) is 0 Å². The molecule has 5 nitrogen and oxygen atoms in total. The highest BCUT2D eigenvalue weighted by Gasteiger charge is 2.33. The van der Waals surface area contributed by atoms with Gasteiger partial charge in [0.1, 0.15) is 0 Å². The molecule has 1 saturated heterocycles. The second kappa shape index (κ2) is 6.68. The topological polar surface area (TPSA) is 61.8 Å². The SMILES string of the molecule is COC(=O)Cc1ccc([S@](=O)CC2COC(C)(C)O2)cc1. The maximum atomic E-state index is 12.3. The molecule has 21 heavy (non-hydrogen) atoms. The Morgan fingerprint density at radius 2 is 2.05 bits per heavy atom. The molecule has 0 saturated carbocycles. The summed E-state index contributed by atoms with van der Waals surface area (Å²) in [5, 5.41) is 0. The normalized spacial score (nSPS) is 22.0. The van der Waals surface area contributed by atoms with Gasteiger partial charge in [-0.3, -0.25) is 9.00 Å². The maximum absolute atomic E-state index is 12.3. The fourth-order valence-corrected chi connectivity index (χ4v) is 3.24. The molecular formula is C15H20O5S. The van der Waals surface area contributed by atoms with E-state index in [1.54, 1.807) is 24.3 Å². The molecule has 1 aliphatic heterocycles. The zero-order valence-corrected chi connectivity index (χ0v) is 13.3. The molecule has 0 amide bonds.